The molecule has 4 nitrogen and oxygen atoms in total. The minimum Gasteiger partial charge on any atom is -0.490 e. The summed E-state index contributed by atoms with van der Waals surface area (Å²) in [6.07, 6.45) is 2.55. The Bertz CT molecular complexity index is 868. The standard InChI is InChI=1S/C19H15ClN2O2/c1-12-7-14-8-13(5-6-18(14)24-12)9-15(11-21)19(23)22-17-4-2-3-16(20)10-17/h2-6,8-10,12H,7H2,1H3,(H,22,23)/b15-9+/t12-/m0/s1. The second kappa shape index (κ2) is 6.77. The number of benzene rings is 2. The molecule has 3 rings (SSSR count). The second-order valence-corrected chi connectivity index (χ2v) is 6.07. The number of fused-ring (bicyclic) bond motifs is 1. The van der Waals surface area contributed by atoms with Crippen molar-refractivity contribution in [3.8, 4) is 11.8 Å². The Labute approximate surface area is 145 Å². The maximum atomic E-state index is 12.3. The van der Waals surface area contributed by atoms with E-state index in [1.54, 1.807) is 30.3 Å². The molecule has 0 aromatic heterocycles. The predicted molar refractivity (Wildman–Crippen MR) is 93.9 cm³/mol. The highest BCUT2D eigenvalue weighted by Gasteiger charge is 2.19. The van der Waals surface area contributed by atoms with E-state index in [1.807, 2.05) is 31.2 Å². The monoisotopic (exact) mass is 338 g/mol. The van der Waals surface area contributed by atoms with Crippen molar-refractivity contribution in [2.75, 3.05) is 5.32 Å². The van der Waals surface area contributed by atoms with Crippen LogP contribution < -0.4 is 10.1 Å². The molecule has 1 atom stereocenters. The summed E-state index contributed by atoms with van der Waals surface area (Å²) < 4.78 is 5.65. The van der Waals surface area contributed by atoms with E-state index in [0.29, 0.717) is 10.7 Å². The SMILES string of the molecule is C[C@H]1Cc2cc(/C=C(\C#N)C(=O)Nc3cccc(Cl)c3)ccc2O1. The number of anilines is 1. The highest BCUT2D eigenvalue weighted by molar-refractivity contribution is 6.31. The van der Waals surface area contributed by atoms with Gasteiger partial charge in [0.15, 0.2) is 0 Å². The average Bonchev–Trinajstić information content (AvgIpc) is 2.91. The van der Waals surface area contributed by atoms with E-state index in [4.69, 9.17) is 16.3 Å². The summed E-state index contributed by atoms with van der Waals surface area (Å²) >= 11 is 5.89. The smallest absolute Gasteiger partial charge is 0.266 e. The van der Waals surface area contributed by atoms with Crippen LogP contribution in [-0.2, 0) is 11.2 Å². The zero-order valence-electron chi connectivity index (χ0n) is 13.0. The Balaban J connectivity index is 1.81. The Morgan fingerprint density at radius 2 is 2.21 bits per heavy atom. The molecule has 0 spiro atoms. The number of nitrogens with one attached hydrogen (secondary N) is 1. The number of amides is 1. The van der Waals surface area contributed by atoms with Crippen LogP contribution in [-0.4, -0.2) is 12.0 Å². The van der Waals surface area contributed by atoms with Gasteiger partial charge in [0, 0.05) is 17.1 Å². The Kier molecular flexibility index (Phi) is 4.54. The highest BCUT2D eigenvalue weighted by atomic mass is 35.5. The van der Waals surface area contributed by atoms with Crippen molar-refractivity contribution in [1.82, 2.24) is 0 Å². The van der Waals surface area contributed by atoms with Crippen LogP contribution >= 0.6 is 11.6 Å². The third-order valence-electron chi connectivity index (χ3n) is 3.68. The van der Waals surface area contributed by atoms with Crippen LogP contribution in [0, 0.1) is 11.3 Å². The van der Waals surface area contributed by atoms with E-state index >= 15 is 0 Å². The Morgan fingerprint density at radius 3 is 2.96 bits per heavy atom. The molecule has 1 aliphatic heterocycles. The van der Waals surface area contributed by atoms with Crippen LogP contribution in [0.1, 0.15) is 18.1 Å². The number of hydrogen-bond acceptors (Lipinski definition) is 3. The van der Waals surface area contributed by atoms with Gasteiger partial charge in [0.1, 0.15) is 23.5 Å². The van der Waals surface area contributed by atoms with Crippen molar-refractivity contribution >= 4 is 29.3 Å². The van der Waals surface area contributed by atoms with Crippen LogP contribution in [0.2, 0.25) is 5.02 Å². The minimum atomic E-state index is -0.468. The van der Waals surface area contributed by atoms with Crippen LogP contribution in [0.25, 0.3) is 6.08 Å². The van der Waals surface area contributed by atoms with Gasteiger partial charge in [-0.2, -0.15) is 5.26 Å². The van der Waals surface area contributed by atoms with Crippen molar-refractivity contribution in [1.29, 1.82) is 5.26 Å². The molecule has 0 saturated heterocycles. The van der Waals surface area contributed by atoms with Crippen LogP contribution in [0.15, 0.2) is 48.0 Å². The highest BCUT2D eigenvalue weighted by Crippen LogP contribution is 2.30. The van der Waals surface area contributed by atoms with Crippen molar-refractivity contribution in [3.05, 3.63) is 64.2 Å². The van der Waals surface area contributed by atoms with Gasteiger partial charge >= 0.3 is 0 Å². The predicted octanol–water partition coefficient (Wildman–Crippen LogP) is 4.21. The molecule has 1 heterocycles. The van der Waals surface area contributed by atoms with Gasteiger partial charge in [-0.05, 0) is 54.5 Å². The Hall–Kier alpha value is -2.77. The molecule has 1 aliphatic rings. The number of ether oxygens (including phenoxy) is 1. The lowest BCUT2D eigenvalue weighted by molar-refractivity contribution is -0.112. The third kappa shape index (κ3) is 3.58. The first-order valence-electron chi connectivity index (χ1n) is 7.53. The van der Waals surface area contributed by atoms with Crippen molar-refractivity contribution in [2.24, 2.45) is 0 Å². The molecule has 0 aliphatic carbocycles. The maximum Gasteiger partial charge on any atom is 0.266 e. The van der Waals surface area contributed by atoms with Crippen LogP contribution in [0.4, 0.5) is 5.69 Å². The summed E-state index contributed by atoms with van der Waals surface area (Å²) in [5, 5.41) is 12.5. The number of carbonyl (C=O) groups is 1. The molecule has 0 unspecified atom stereocenters. The number of nitriles is 1. The van der Waals surface area contributed by atoms with Gasteiger partial charge in [-0.1, -0.05) is 23.7 Å². The molecule has 0 radical (unpaired) electrons. The molecular formula is C19H15ClN2O2. The lowest BCUT2D eigenvalue weighted by atomic mass is 10.0. The summed E-state index contributed by atoms with van der Waals surface area (Å²) in [7, 11) is 0. The van der Waals surface area contributed by atoms with Crippen molar-refractivity contribution in [3.63, 3.8) is 0 Å². The zero-order valence-corrected chi connectivity index (χ0v) is 13.8. The van der Waals surface area contributed by atoms with Gasteiger partial charge in [-0.15, -0.1) is 0 Å². The molecule has 1 amide bonds. The first kappa shape index (κ1) is 16.1. The quantitative estimate of drug-likeness (QED) is 0.673. The number of halogens is 1. The molecule has 1 N–H and O–H groups in total. The fourth-order valence-electron chi connectivity index (χ4n) is 2.61. The average molecular weight is 339 g/mol. The number of carbonyl (C=O) groups excluding carboxylic acids is 1. The van der Waals surface area contributed by atoms with E-state index in [2.05, 4.69) is 5.32 Å². The molecule has 0 bridgehead atoms. The van der Waals surface area contributed by atoms with Gasteiger partial charge in [-0.3, -0.25) is 4.79 Å². The molecule has 2 aromatic carbocycles. The van der Waals surface area contributed by atoms with E-state index in [1.165, 1.54) is 0 Å². The van der Waals surface area contributed by atoms with Gasteiger partial charge < -0.3 is 10.1 Å². The van der Waals surface area contributed by atoms with Crippen molar-refractivity contribution in [2.45, 2.75) is 19.4 Å². The summed E-state index contributed by atoms with van der Waals surface area (Å²) in [6, 6.07) is 14.4. The van der Waals surface area contributed by atoms with Crippen LogP contribution in [0.3, 0.4) is 0 Å². The molecule has 2 aromatic rings. The third-order valence-corrected chi connectivity index (χ3v) is 3.91. The first-order valence-corrected chi connectivity index (χ1v) is 7.91. The number of rotatable bonds is 3. The fourth-order valence-corrected chi connectivity index (χ4v) is 2.80. The molecular weight excluding hydrogens is 324 g/mol. The molecule has 0 fully saturated rings. The molecule has 120 valence electrons. The summed E-state index contributed by atoms with van der Waals surface area (Å²) in [6.45, 7) is 2.01. The molecule has 5 heteroatoms. The van der Waals surface area contributed by atoms with Gasteiger partial charge in [0.25, 0.3) is 5.91 Å². The summed E-state index contributed by atoms with van der Waals surface area (Å²) in [5.74, 6) is 0.395. The van der Waals surface area contributed by atoms with Crippen LogP contribution in [0.5, 0.6) is 5.75 Å². The Morgan fingerprint density at radius 1 is 1.38 bits per heavy atom. The summed E-state index contributed by atoms with van der Waals surface area (Å²) in [5.41, 5.74) is 2.46. The van der Waals surface area contributed by atoms with Crippen molar-refractivity contribution < 1.29 is 9.53 Å². The maximum absolute atomic E-state index is 12.3. The van der Waals surface area contributed by atoms with E-state index in [9.17, 15) is 10.1 Å². The largest absolute Gasteiger partial charge is 0.490 e. The van der Waals surface area contributed by atoms with E-state index in [-0.39, 0.29) is 11.7 Å². The fraction of sp³-hybridized carbons (Fsp3) is 0.158. The topological polar surface area (TPSA) is 62.1 Å². The van der Waals surface area contributed by atoms with Gasteiger partial charge in [0.05, 0.1) is 0 Å². The van der Waals surface area contributed by atoms with E-state index < -0.39 is 5.91 Å². The zero-order chi connectivity index (χ0) is 17.1. The second-order valence-electron chi connectivity index (χ2n) is 5.63. The summed E-state index contributed by atoms with van der Waals surface area (Å²) in [4.78, 5) is 12.3. The first-order chi connectivity index (χ1) is 11.5. The van der Waals surface area contributed by atoms with E-state index in [0.717, 1.165) is 23.3 Å². The lowest BCUT2D eigenvalue weighted by Crippen LogP contribution is -2.13. The van der Waals surface area contributed by atoms with Gasteiger partial charge in [0.2, 0.25) is 0 Å². The minimum absolute atomic E-state index is 0.0295. The van der Waals surface area contributed by atoms with Gasteiger partial charge in [-0.25, -0.2) is 0 Å². The number of hydrogen-bond donors (Lipinski definition) is 1. The molecule has 24 heavy (non-hydrogen) atoms. The lowest BCUT2D eigenvalue weighted by Gasteiger charge is -2.05. The normalized spacial score (nSPS) is 16.0. The number of nitrogens with zero attached hydrogens (tertiary/aromatic N) is 1. The molecule has 0 saturated carbocycles.